The summed E-state index contributed by atoms with van der Waals surface area (Å²) >= 11 is 0.747. The molecule has 1 atom stereocenters. The van der Waals surface area contributed by atoms with E-state index < -0.39 is 23.7 Å². The lowest BCUT2D eigenvalue weighted by Gasteiger charge is -2.14. The number of carbonyl (C=O) groups excluding carboxylic acids is 4. The van der Waals surface area contributed by atoms with Crippen molar-refractivity contribution in [2.24, 2.45) is 0 Å². The Morgan fingerprint density at radius 2 is 1.87 bits per heavy atom. The Morgan fingerprint density at radius 3 is 2.50 bits per heavy atom. The fourth-order valence-electron chi connectivity index (χ4n) is 2.69. The van der Waals surface area contributed by atoms with E-state index >= 15 is 0 Å². The van der Waals surface area contributed by atoms with Crippen molar-refractivity contribution in [2.75, 3.05) is 6.54 Å². The summed E-state index contributed by atoms with van der Waals surface area (Å²) in [6.45, 7) is 4.69. The van der Waals surface area contributed by atoms with Crippen LogP contribution in [0.5, 0.6) is 0 Å². The highest BCUT2D eigenvalue weighted by Gasteiger charge is 2.37. The van der Waals surface area contributed by atoms with Crippen LogP contribution in [0.1, 0.15) is 43.3 Å². The number of carbonyl (C=O) groups is 4. The molecule has 1 fully saturated rings. The van der Waals surface area contributed by atoms with E-state index in [0.717, 1.165) is 22.2 Å². The van der Waals surface area contributed by atoms with Gasteiger partial charge in [0.25, 0.3) is 11.1 Å². The molecule has 1 aromatic carbocycles. The van der Waals surface area contributed by atoms with Crippen molar-refractivity contribution >= 4 is 40.7 Å². The van der Waals surface area contributed by atoms with Gasteiger partial charge in [0, 0.05) is 17.2 Å². The zero-order chi connectivity index (χ0) is 21.8. The van der Waals surface area contributed by atoms with Crippen molar-refractivity contribution in [3.05, 3.63) is 52.6 Å². The van der Waals surface area contributed by atoms with E-state index in [1.807, 2.05) is 6.92 Å². The fraction of sp³-hybridized carbons (Fsp3) is 0.273. The van der Waals surface area contributed by atoms with Crippen molar-refractivity contribution in [1.82, 2.24) is 4.90 Å². The quantitative estimate of drug-likeness (QED) is 0.364. The summed E-state index contributed by atoms with van der Waals surface area (Å²) < 4.78 is 10.9. The van der Waals surface area contributed by atoms with Crippen LogP contribution in [-0.4, -0.2) is 40.4 Å². The molecule has 0 radical (unpaired) electrons. The summed E-state index contributed by atoms with van der Waals surface area (Å²) in [4.78, 5) is 49.0. The SMILES string of the molecule is CC[C@H](C)OC(=O)CN1C(=O)S/C(=C/c2ccc(-c3ccc(C(C)=O)cc3)o2)C1=O. The van der Waals surface area contributed by atoms with Crippen LogP contribution in [0.3, 0.4) is 0 Å². The van der Waals surface area contributed by atoms with Gasteiger partial charge in [-0.05, 0) is 44.2 Å². The van der Waals surface area contributed by atoms with E-state index in [4.69, 9.17) is 9.15 Å². The van der Waals surface area contributed by atoms with Gasteiger partial charge in [0.1, 0.15) is 18.1 Å². The molecule has 0 N–H and O–H groups in total. The van der Waals surface area contributed by atoms with Crippen molar-refractivity contribution < 1.29 is 28.3 Å². The first-order valence-electron chi connectivity index (χ1n) is 9.44. The fourth-order valence-corrected chi connectivity index (χ4v) is 3.51. The van der Waals surface area contributed by atoms with Gasteiger partial charge in [-0.3, -0.25) is 24.1 Å². The molecule has 1 aliphatic heterocycles. The largest absolute Gasteiger partial charge is 0.461 e. The minimum absolute atomic E-state index is 0.0227. The van der Waals surface area contributed by atoms with Crippen LogP contribution in [-0.2, 0) is 14.3 Å². The molecule has 3 rings (SSSR count). The minimum Gasteiger partial charge on any atom is -0.461 e. The van der Waals surface area contributed by atoms with Gasteiger partial charge in [0.15, 0.2) is 5.78 Å². The van der Waals surface area contributed by atoms with Crippen molar-refractivity contribution in [3.63, 3.8) is 0 Å². The van der Waals surface area contributed by atoms with Gasteiger partial charge in [-0.25, -0.2) is 0 Å². The summed E-state index contributed by atoms with van der Waals surface area (Å²) in [6, 6.07) is 10.4. The van der Waals surface area contributed by atoms with E-state index in [1.165, 1.54) is 13.0 Å². The zero-order valence-electron chi connectivity index (χ0n) is 16.8. The molecule has 156 valence electrons. The monoisotopic (exact) mass is 427 g/mol. The molecule has 0 unspecified atom stereocenters. The molecule has 1 aromatic heterocycles. The molecule has 30 heavy (non-hydrogen) atoms. The Kier molecular flexibility index (Phi) is 6.56. The molecule has 2 heterocycles. The molecule has 0 bridgehead atoms. The van der Waals surface area contributed by atoms with Gasteiger partial charge in [0.05, 0.1) is 11.0 Å². The maximum Gasteiger partial charge on any atom is 0.326 e. The number of Topliss-reactive ketones (excluding diaryl/α,β-unsaturated/α-hetero) is 1. The van der Waals surface area contributed by atoms with Gasteiger partial charge in [0.2, 0.25) is 0 Å². The number of thioether (sulfide) groups is 1. The van der Waals surface area contributed by atoms with Crippen molar-refractivity contribution in [3.8, 4) is 11.3 Å². The lowest BCUT2D eigenvalue weighted by atomic mass is 10.1. The molecule has 1 saturated heterocycles. The van der Waals surface area contributed by atoms with Gasteiger partial charge < -0.3 is 9.15 Å². The minimum atomic E-state index is -0.623. The lowest BCUT2D eigenvalue weighted by molar-refractivity contribution is -0.150. The van der Waals surface area contributed by atoms with Crippen LogP contribution in [0.15, 0.2) is 45.7 Å². The molecule has 0 aliphatic carbocycles. The number of benzene rings is 1. The molecule has 2 amide bonds. The van der Waals surface area contributed by atoms with E-state index in [0.29, 0.717) is 23.5 Å². The van der Waals surface area contributed by atoms with Crippen LogP contribution in [0.2, 0.25) is 0 Å². The van der Waals surface area contributed by atoms with Crippen LogP contribution in [0, 0.1) is 0 Å². The van der Waals surface area contributed by atoms with Gasteiger partial charge in [-0.2, -0.15) is 0 Å². The summed E-state index contributed by atoms with van der Waals surface area (Å²) in [6.07, 6.45) is 1.84. The normalized spacial score (nSPS) is 16.2. The van der Waals surface area contributed by atoms with E-state index in [2.05, 4.69) is 0 Å². The summed E-state index contributed by atoms with van der Waals surface area (Å²) in [5.74, 6) is -0.247. The van der Waals surface area contributed by atoms with Crippen LogP contribution >= 0.6 is 11.8 Å². The second-order valence-electron chi connectivity index (χ2n) is 6.81. The molecule has 0 saturated carbocycles. The number of imide groups is 1. The first-order valence-corrected chi connectivity index (χ1v) is 10.3. The summed E-state index contributed by atoms with van der Waals surface area (Å²) in [7, 11) is 0. The highest BCUT2D eigenvalue weighted by molar-refractivity contribution is 8.18. The van der Waals surface area contributed by atoms with Gasteiger partial charge in [-0.1, -0.05) is 31.2 Å². The average Bonchev–Trinajstić information content (AvgIpc) is 3.28. The number of furan rings is 1. The number of rotatable bonds is 7. The lowest BCUT2D eigenvalue weighted by Crippen LogP contribution is -2.35. The topological polar surface area (TPSA) is 93.9 Å². The third-order valence-electron chi connectivity index (χ3n) is 4.54. The maximum absolute atomic E-state index is 12.5. The number of nitrogens with zero attached hydrogens (tertiary/aromatic N) is 1. The first kappa shape index (κ1) is 21.6. The molecule has 8 heteroatoms. The summed E-state index contributed by atoms with van der Waals surface area (Å²) in [5.41, 5.74) is 1.38. The number of ether oxygens (including phenoxy) is 1. The number of hydrogen-bond acceptors (Lipinski definition) is 7. The predicted molar refractivity (Wildman–Crippen MR) is 113 cm³/mol. The number of amides is 2. The van der Waals surface area contributed by atoms with E-state index in [9.17, 15) is 19.2 Å². The third kappa shape index (κ3) is 4.88. The molecule has 2 aromatic rings. The highest BCUT2D eigenvalue weighted by Crippen LogP contribution is 2.33. The Balaban J connectivity index is 1.71. The Morgan fingerprint density at radius 1 is 1.17 bits per heavy atom. The Labute approximate surface area is 178 Å². The van der Waals surface area contributed by atoms with Crippen LogP contribution < -0.4 is 0 Å². The number of esters is 1. The van der Waals surface area contributed by atoms with Crippen molar-refractivity contribution in [1.29, 1.82) is 0 Å². The van der Waals surface area contributed by atoms with Crippen molar-refractivity contribution in [2.45, 2.75) is 33.3 Å². The molecule has 0 spiro atoms. The maximum atomic E-state index is 12.5. The Hall–Kier alpha value is -3.13. The second kappa shape index (κ2) is 9.13. The van der Waals surface area contributed by atoms with E-state index in [-0.39, 0.29) is 16.8 Å². The smallest absolute Gasteiger partial charge is 0.326 e. The van der Waals surface area contributed by atoms with Crippen LogP contribution in [0.4, 0.5) is 4.79 Å². The predicted octanol–water partition coefficient (Wildman–Crippen LogP) is 4.53. The number of hydrogen-bond donors (Lipinski definition) is 0. The molecular weight excluding hydrogens is 406 g/mol. The number of ketones is 1. The first-order chi connectivity index (χ1) is 14.3. The standard InChI is InChI=1S/C22H21NO6S/c1-4-13(2)28-20(25)12-23-21(26)19(30-22(23)27)11-17-9-10-18(29-17)16-7-5-15(6-8-16)14(3)24/h5-11,13H,4,12H2,1-3H3/b19-11+/t13-/m0/s1. The Bertz CT molecular complexity index is 1020. The average molecular weight is 427 g/mol. The highest BCUT2D eigenvalue weighted by atomic mass is 32.2. The molecular formula is C22H21NO6S. The van der Waals surface area contributed by atoms with Gasteiger partial charge >= 0.3 is 5.97 Å². The molecule has 7 nitrogen and oxygen atoms in total. The third-order valence-corrected chi connectivity index (χ3v) is 5.45. The summed E-state index contributed by atoms with van der Waals surface area (Å²) in [5, 5.41) is -0.529. The second-order valence-corrected chi connectivity index (χ2v) is 7.81. The molecule has 1 aliphatic rings. The van der Waals surface area contributed by atoms with E-state index in [1.54, 1.807) is 43.3 Å². The van der Waals surface area contributed by atoms with Crippen LogP contribution in [0.25, 0.3) is 17.4 Å². The zero-order valence-corrected chi connectivity index (χ0v) is 17.7. The van der Waals surface area contributed by atoms with Gasteiger partial charge in [-0.15, -0.1) is 0 Å².